The number of hydrogen-bond donors (Lipinski definition) is 1. The molecule has 2 atom stereocenters. The minimum absolute atomic E-state index is 0.0383. The van der Waals surface area contributed by atoms with E-state index in [0.29, 0.717) is 37.6 Å². The molecule has 0 bridgehead atoms. The number of hydrogen-bond acceptors (Lipinski definition) is 5. The molecule has 136 valence electrons. The number of rotatable bonds is 4. The number of amides is 1. The van der Waals surface area contributed by atoms with Crippen LogP contribution < -0.4 is 0 Å². The molecule has 0 spiro atoms. The summed E-state index contributed by atoms with van der Waals surface area (Å²) in [4.78, 5) is 30.5. The normalized spacial score (nSPS) is 24.7. The summed E-state index contributed by atoms with van der Waals surface area (Å²) in [7, 11) is 0. The van der Waals surface area contributed by atoms with Crippen molar-refractivity contribution in [3.8, 4) is 0 Å². The lowest BCUT2D eigenvalue weighted by molar-refractivity contribution is -0.151. The Labute approximate surface area is 147 Å². The number of allylic oxidation sites excluding steroid dienone is 2. The third-order valence-corrected chi connectivity index (χ3v) is 5.20. The van der Waals surface area contributed by atoms with Crippen LogP contribution in [0, 0.1) is 11.8 Å². The van der Waals surface area contributed by atoms with Crippen LogP contribution >= 0.6 is 0 Å². The van der Waals surface area contributed by atoms with Crippen molar-refractivity contribution in [2.45, 2.75) is 51.4 Å². The van der Waals surface area contributed by atoms with Gasteiger partial charge in [0.05, 0.1) is 11.8 Å². The van der Waals surface area contributed by atoms with Crippen LogP contribution in [-0.4, -0.2) is 45.1 Å². The fraction of sp³-hybridized carbons (Fsp3) is 0.667. The van der Waals surface area contributed by atoms with Gasteiger partial charge in [-0.1, -0.05) is 31.2 Å². The Bertz CT molecular complexity index is 659. The van der Waals surface area contributed by atoms with Gasteiger partial charge in [0.2, 0.25) is 11.8 Å². The predicted molar refractivity (Wildman–Crippen MR) is 89.9 cm³/mol. The maximum absolute atomic E-state index is 12.8. The van der Waals surface area contributed by atoms with E-state index in [1.165, 1.54) is 0 Å². The molecular weight excluding hydrogens is 322 g/mol. The van der Waals surface area contributed by atoms with E-state index in [0.717, 1.165) is 12.8 Å². The second kappa shape index (κ2) is 7.37. The zero-order valence-electron chi connectivity index (χ0n) is 14.7. The monoisotopic (exact) mass is 347 g/mol. The van der Waals surface area contributed by atoms with Crippen molar-refractivity contribution in [2.75, 3.05) is 13.1 Å². The zero-order valence-corrected chi connectivity index (χ0v) is 14.7. The predicted octanol–water partition coefficient (Wildman–Crippen LogP) is 2.57. The quantitative estimate of drug-likeness (QED) is 0.841. The van der Waals surface area contributed by atoms with Crippen molar-refractivity contribution in [1.29, 1.82) is 0 Å². The maximum atomic E-state index is 12.8. The number of carbonyl (C=O) groups is 2. The summed E-state index contributed by atoms with van der Waals surface area (Å²) in [5.41, 5.74) is 0. The summed E-state index contributed by atoms with van der Waals surface area (Å²) in [5, 5.41) is 13.4. The maximum Gasteiger partial charge on any atom is 0.307 e. The highest BCUT2D eigenvalue weighted by Crippen LogP contribution is 2.32. The number of carboxylic acids is 1. The van der Waals surface area contributed by atoms with E-state index in [2.05, 4.69) is 10.1 Å². The van der Waals surface area contributed by atoms with Crippen LogP contribution in [0.2, 0.25) is 0 Å². The van der Waals surface area contributed by atoms with Crippen molar-refractivity contribution < 1.29 is 19.2 Å². The molecule has 2 heterocycles. The fourth-order valence-corrected chi connectivity index (χ4v) is 3.59. The van der Waals surface area contributed by atoms with E-state index in [4.69, 9.17) is 4.52 Å². The molecular formula is C18H25N3O4. The van der Waals surface area contributed by atoms with Gasteiger partial charge in [0.25, 0.3) is 0 Å². The number of carbonyl (C=O) groups excluding carboxylic acids is 1. The first-order valence-corrected chi connectivity index (χ1v) is 8.97. The molecule has 2 aliphatic rings. The standard InChI is InChI=1S/C18H25N3O4/c1-11(2)15-19-16(25-20-15)12-7-9-21(10-8-12)17(22)13-5-3-4-6-14(13)18(23)24/h3-4,11-14H,5-10H2,1-2H3,(H,23,24)/t13-,14+/m1/s1. The van der Waals surface area contributed by atoms with Crippen LogP contribution in [0.25, 0.3) is 0 Å². The van der Waals surface area contributed by atoms with E-state index in [1.54, 1.807) is 4.90 Å². The summed E-state index contributed by atoms with van der Waals surface area (Å²) < 4.78 is 5.37. The van der Waals surface area contributed by atoms with Crippen LogP contribution in [-0.2, 0) is 9.59 Å². The Kier molecular flexibility index (Phi) is 5.20. The highest BCUT2D eigenvalue weighted by atomic mass is 16.5. The molecule has 1 aromatic heterocycles. The minimum Gasteiger partial charge on any atom is -0.481 e. The molecule has 7 nitrogen and oxygen atoms in total. The van der Waals surface area contributed by atoms with Gasteiger partial charge in [-0.2, -0.15) is 4.98 Å². The van der Waals surface area contributed by atoms with Crippen LogP contribution in [0.4, 0.5) is 0 Å². The number of carboxylic acid groups (broad SMARTS) is 1. The van der Waals surface area contributed by atoms with E-state index >= 15 is 0 Å². The highest BCUT2D eigenvalue weighted by Gasteiger charge is 2.38. The van der Waals surface area contributed by atoms with Crippen LogP contribution in [0.15, 0.2) is 16.7 Å². The summed E-state index contributed by atoms with van der Waals surface area (Å²) in [6.45, 7) is 5.26. The fourth-order valence-electron chi connectivity index (χ4n) is 3.59. The van der Waals surface area contributed by atoms with Gasteiger partial charge in [0.15, 0.2) is 5.82 Å². The van der Waals surface area contributed by atoms with Gasteiger partial charge in [-0.3, -0.25) is 9.59 Å². The molecule has 25 heavy (non-hydrogen) atoms. The lowest BCUT2D eigenvalue weighted by Gasteiger charge is -2.35. The molecule has 1 N–H and O–H groups in total. The third kappa shape index (κ3) is 3.75. The van der Waals surface area contributed by atoms with Gasteiger partial charge in [-0.15, -0.1) is 0 Å². The molecule has 0 unspecified atom stereocenters. The van der Waals surface area contributed by atoms with Gasteiger partial charge in [-0.05, 0) is 25.7 Å². The van der Waals surface area contributed by atoms with Gasteiger partial charge >= 0.3 is 5.97 Å². The Hall–Kier alpha value is -2.18. The number of likely N-dealkylation sites (tertiary alicyclic amines) is 1. The van der Waals surface area contributed by atoms with Crippen LogP contribution in [0.5, 0.6) is 0 Å². The molecule has 7 heteroatoms. The lowest BCUT2D eigenvalue weighted by atomic mass is 9.81. The number of piperidine rings is 1. The summed E-state index contributed by atoms with van der Waals surface area (Å²) in [5.74, 6) is -0.216. The molecule has 1 aliphatic carbocycles. The number of nitrogens with zero attached hydrogens (tertiary/aromatic N) is 3. The van der Waals surface area contributed by atoms with Crippen molar-refractivity contribution in [3.05, 3.63) is 23.9 Å². The van der Waals surface area contributed by atoms with Crippen molar-refractivity contribution in [3.63, 3.8) is 0 Å². The largest absolute Gasteiger partial charge is 0.481 e. The SMILES string of the molecule is CC(C)c1noc(C2CCN(C(=O)[C@@H]3CC=CC[C@@H]3C(=O)O)CC2)n1. The molecule has 0 radical (unpaired) electrons. The van der Waals surface area contributed by atoms with Crippen LogP contribution in [0.3, 0.4) is 0 Å². The molecule has 0 saturated carbocycles. The first-order chi connectivity index (χ1) is 12.0. The summed E-state index contributed by atoms with van der Waals surface area (Å²) >= 11 is 0. The smallest absolute Gasteiger partial charge is 0.307 e. The van der Waals surface area contributed by atoms with Gasteiger partial charge in [0.1, 0.15) is 0 Å². The Balaban J connectivity index is 1.60. The third-order valence-electron chi connectivity index (χ3n) is 5.20. The molecule has 1 aliphatic heterocycles. The van der Waals surface area contributed by atoms with Gasteiger partial charge in [0, 0.05) is 24.9 Å². The first kappa shape index (κ1) is 17.6. The molecule has 1 fully saturated rings. The Morgan fingerprint density at radius 3 is 2.40 bits per heavy atom. The van der Waals surface area contributed by atoms with Crippen molar-refractivity contribution in [1.82, 2.24) is 15.0 Å². The van der Waals surface area contributed by atoms with E-state index in [-0.39, 0.29) is 17.7 Å². The zero-order chi connectivity index (χ0) is 18.0. The molecule has 1 aromatic rings. The second-order valence-corrected chi connectivity index (χ2v) is 7.24. The Morgan fingerprint density at radius 1 is 1.20 bits per heavy atom. The molecule has 3 rings (SSSR count). The van der Waals surface area contributed by atoms with E-state index in [9.17, 15) is 14.7 Å². The summed E-state index contributed by atoms with van der Waals surface area (Å²) in [6.07, 6.45) is 6.26. The number of aromatic nitrogens is 2. The van der Waals surface area contributed by atoms with Crippen molar-refractivity contribution >= 4 is 11.9 Å². The highest BCUT2D eigenvalue weighted by molar-refractivity contribution is 5.85. The van der Waals surface area contributed by atoms with Crippen LogP contribution in [0.1, 0.15) is 63.1 Å². The number of aliphatic carboxylic acids is 1. The topological polar surface area (TPSA) is 96.5 Å². The molecule has 0 aromatic carbocycles. The molecule has 1 saturated heterocycles. The second-order valence-electron chi connectivity index (χ2n) is 7.24. The van der Waals surface area contributed by atoms with E-state index < -0.39 is 17.8 Å². The average Bonchev–Trinajstić information content (AvgIpc) is 3.11. The first-order valence-electron chi connectivity index (χ1n) is 8.97. The van der Waals surface area contributed by atoms with Gasteiger partial charge in [-0.25, -0.2) is 0 Å². The van der Waals surface area contributed by atoms with E-state index in [1.807, 2.05) is 26.0 Å². The van der Waals surface area contributed by atoms with Gasteiger partial charge < -0.3 is 14.5 Å². The average molecular weight is 347 g/mol. The minimum atomic E-state index is -0.885. The lowest BCUT2D eigenvalue weighted by Crippen LogP contribution is -2.45. The summed E-state index contributed by atoms with van der Waals surface area (Å²) in [6, 6.07) is 0. The Morgan fingerprint density at radius 2 is 1.84 bits per heavy atom. The molecule has 1 amide bonds. The van der Waals surface area contributed by atoms with Crippen molar-refractivity contribution in [2.24, 2.45) is 11.8 Å².